The predicted octanol–water partition coefficient (Wildman–Crippen LogP) is 2.38. The fourth-order valence-electron chi connectivity index (χ4n) is 2.22. The van der Waals surface area contributed by atoms with Crippen molar-refractivity contribution in [1.29, 1.82) is 0 Å². The molecular formula is C13H21BrN6. The summed E-state index contributed by atoms with van der Waals surface area (Å²) >= 11 is 3.64. The minimum atomic E-state index is 0.121. The molecule has 0 aliphatic rings. The van der Waals surface area contributed by atoms with Gasteiger partial charge in [-0.1, -0.05) is 6.92 Å². The largest absolute Gasteiger partial charge is 0.307 e. The average molecular weight is 341 g/mol. The zero-order chi connectivity index (χ0) is 14.5. The quantitative estimate of drug-likeness (QED) is 0.811. The van der Waals surface area contributed by atoms with E-state index in [1.165, 1.54) is 5.69 Å². The van der Waals surface area contributed by atoms with Gasteiger partial charge in [-0.25, -0.2) is 4.98 Å². The number of H-pyrrole nitrogens is 1. The molecule has 0 saturated carbocycles. The van der Waals surface area contributed by atoms with E-state index in [0.29, 0.717) is 0 Å². The van der Waals surface area contributed by atoms with Gasteiger partial charge in [0.1, 0.15) is 12.2 Å². The Hall–Kier alpha value is -1.21. The van der Waals surface area contributed by atoms with Crippen LogP contribution in [0.25, 0.3) is 0 Å². The second kappa shape index (κ2) is 6.99. The molecule has 0 bridgehead atoms. The van der Waals surface area contributed by atoms with E-state index in [-0.39, 0.29) is 6.04 Å². The monoisotopic (exact) mass is 340 g/mol. The highest BCUT2D eigenvalue weighted by Crippen LogP contribution is 2.25. The van der Waals surface area contributed by atoms with Crippen molar-refractivity contribution in [3.8, 4) is 0 Å². The second-order valence-corrected chi connectivity index (χ2v) is 5.54. The Balaban J connectivity index is 2.23. The van der Waals surface area contributed by atoms with Gasteiger partial charge in [-0.2, -0.15) is 10.2 Å². The summed E-state index contributed by atoms with van der Waals surface area (Å²) in [5, 5.41) is 15.0. The third-order valence-electron chi connectivity index (χ3n) is 3.25. The summed E-state index contributed by atoms with van der Waals surface area (Å²) in [6.45, 7) is 8.08. The van der Waals surface area contributed by atoms with Crippen LogP contribution in [-0.4, -0.2) is 31.5 Å². The molecule has 0 fully saturated rings. The third kappa shape index (κ3) is 3.27. The lowest BCUT2D eigenvalue weighted by molar-refractivity contribution is 0.483. The van der Waals surface area contributed by atoms with Gasteiger partial charge >= 0.3 is 0 Å². The number of aromatic nitrogens is 5. The fourth-order valence-corrected chi connectivity index (χ4v) is 2.67. The molecule has 2 aromatic rings. The minimum absolute atomic E-state index is 0.121. The Morgan fingerprint density at radius 2 is 2.25 bits per heavy atom. The standard InChI is InChI=1S/C13H21BrN6/c1-4-6-15-10(13-16-8-17-18-13)7-11-12(14)9(3)19-20(11)5-2/h8,10,15H,4-7H2,1-3H3,(H,16,17,18). The Kier molecular flexibility index (Phi) is 5.31. The maximum Gasteiger partial charge on any atom is 0.141 e. The van der Waals surface area contributed by atoms with E-state index in [4.69, 9.17) is 0 Å². The average Bonchev–Trinajstić information content (AvgIpc) is 3.06. The zero-order valence-corrected chi connectivity index (χ0v) is 13.7. The first-order valence-corrected chi connectivity index (χ1v) is 7.77. The van der Waals surface area contributed by atoms with Crippen molar-refractivity contribution in [2.24, 2.45) is 0 Å². The molecular weight excluding hydrogens is 320 g/mol. The van der Waals surface area contributed by atoms with E-state index in [9.17, 15) is 0 Å². The van der Waals surface area contributed by atoms with Crippen LogP contribution >= 0.6 is 15.9 Å². The number of aryl methyl sites for hydroxylation is 2. The molecule has 7 heteroatoms. The number of hydrogen-bond acceptors (Lipinski definition) is 4. The topological polar surface area (TPSA) is 71.4 Å². The number of nitrogens with zero attached hydrogens (tertiary/aromatic N) is 4. The van der Waals surface area contributed by atoms with Crippen LogP contribution in [0.4, 0.5) is 0 Å². The van der Waals surface area contributed by atoms with Crippen LogP contribution in [0.3, 0.4) is 0 Å². The van der Waals surface area contributed by atoms with Crippen molar-refractivity contribution in [2.75, 3.05) is 6.54 Å². The molecule has 0 amide bonds. The van der Waals surface area contributed by atoms with E-state index in [2.05, 4.69) is 55.4 Å². The highest BCUT2D eigenvalue weighted by molar-refractivity contribution is 9.10. The number of rotatable bonds is 7. The summed E-state index contributed by atoms with van der Waals surface area (Å²) in [5.41, 5.74) is 2.21. The molecule has 2 N–H and O–H groups in total. The van der Waals surface area contributed by atoms with Gasteiger partial charge in [0.15, 0.2) is 0 Å². The molecule has 6 nitrogen and oxygen atoms in total. The second-order valence-electron chi connectivity index (χ2n) is 4.74. The van der Waals surface area contributed by atoms with Crippen molar-refractivity contribution in [3.05, 3.63) is 28.0 Å². The van der Waals surface area contributed by atoms with Gasteiger partial charge in [-0.05, 0) is 42.7 Å². The maximum absolute atomic E-state index is 4.54. The summed E-state index contributed by atoms with van der Waals surface area (Å²) in [4.78, 5) is 4.28. The summed E-state index contributed by atoms with van der Waals surface area (Å²) < 4.78 is 3.12. The van der Waals surface area contributed by atoms with Crippen LogP contribution < -0.4 is 5.32 Å². The van der Waals surface area contributed by atoms with Crippen LogP contribution in [0.15, 0.2) is 10.8 Å². The molecule has 1 unspecified atom stereocenters. The van der Waals surface area contributed by atoms with Crippen molar-refractivity contribution in [3.63, 3.8) is 0 Å². The fraction of sp³-hybridized carbons (Fsp3) is 0.615. The van der Waals surface area contributed by atoms with Crippen molar-refractivity contribution < 1.29 is 0 Å². The Bertz CT molecular complexity index is 533. The normalized spacial score (nSPS) is 12.8. The summed E-state index contributed by atoms with van der Waals surface area (Å²) in [6.07, 6.45) is 3.45. The molecule has 0 aromatic carbocycles. The van der Waals surface area contributed by atoms with Crippen molar-refractivity contribution >= 4 is 15.9 Å². The summed E-state index contributed by atoms with van der Waals surface area (Å²) in [7, 11) is 0. The zero-order valence-electron chi connectivity index (χ0n) is 12.1. The van der Waals surface area contributed by atoms with E-state index in [1.807, 2.05) is 11.6 Å². The molecule has 0 saturated heterocycles. The van der Waals surface area contributed by atoms with Crippen LogP contribution in [0.1, 0.15) is 43.5 Å². The lowest BCUT2D eigenvalue weighted by atomic mass is 10.1. The van der Waals surface area contributed by atoms with Crippen LogP contribution in [0, 0.1) is 6.92 Å². The summed E-state index contributed by atoms with van der Waals surface area (Å²) in [5.74, 6) is 0.867. The van der Waals surface area contributed by atoms with Crippen LogP contribution in [0.2, 0.25) is 0 Å². The number of nitrogens with one attached hydrogen (secondary N) is 2. The van der Waals surface area contributed by atoms with Crippen LogP contribution in [0.5, 0.6) is 0 Å². The number of hydrogen-bond donors (Lipinski definition) is 2. The van der Waals surface area contributed by atoms with Gasteiger partial charge in [-0.3, -0.25) is 9.78 Å². The molecule has 20 heavy (non-hydrogen) atoms. The van der Waals surface area contributed by atoms with E-state index in [0.717, 1.165) is 41.9 Å². The van der Waals surface area contributed by atoms with E-state index in [1.54, 1.807) is 6.33 Å². The third-order valence-corrected chi connectivity index (χ3v) is 4.29. The maximum atomic E-state index is 4.54. The molecule has 110 valence electrons. The van der Waals surface area contributed by atoms with Gasteiger partial charge in [-0.15, -0.1) is 0 Å². The Labute approximate surface area is 127 Å². The van der Waals surface area contributed by atoms with Gasteiger partial charge < -0.3 is 5.32 Å². The smallest absolute Gasteiger partial charge is 0.141 e. The van der Waals surface area contributed by atoms with Crippen LogP contribution in [-0.2, 0) is 13.0 Å². The molecule has 0 spiro atoms. The van der Waals surface area contributed by atoms with Gasteiger partial charge in [0.05, 0.1) is 21.9 Å². The van der Waals surface area contributed by atoms with E-state index < -0.39 is 0 Å². The van der Waals surface area contributed by atoms with Crippen molar-refractivity contribution in [1.82, 2.24) is 30.3 Å². The van der Waals surface area contributed by atoms with Gasteiger partial charge in [0.25, 0.3) is 0 Å². The van der Waals surface area contributed by atoms with Gasteiger partial charge in [0.2, 0.25) is 0 Å². The van der Waals surface area contributed by atoms with Gasteiger partial charge in [0, 0.05) is 13.0 Å². The lowest BCUT2D eigenvalue weighted by Gasteiger charge is -2.17. The molecule has 2 rings (SSSR count). The molecule has 0 radical (unpaired) electrons. The molecule has 2 heterocycles. The first kappa shape index (κ1) is 15.2. The molecule has 0 aliphatic heterocycles. The first-order chi connectivity index (χ1) is 9.67. The number of aromatic amines is 1. The Morgan fingerprint density at radius 1 is 1.45 bits per heavy atom. The molecule has 1 atom stereocenters. The first-order valence-electron chi connectivity index (χ1n) is 6.97. The Morgan fingerprint density at radius 3 is 2.85 bits per heavy atom. The minimum Gasteiger partial charge on any atom is -0.307 e. The summed E-state index contributed by atoms with van der Waals surface area (Å²) in [6, 6.07) is 0.121. The molecule has 2 aromatic heterocycles. The number of halogens is 1. The highest BCUT2D eigenvalue weighted by Gasteiger charge is 2.20. The SMILES string of the molecule is CCCNC(Cc1c(Br)c(C)nn1CC)c1ncn[nH]1. The lowest BCUT2D eigenvalue weighted by Crippen LogP contribution is -2.26. The highest BCUT2D eigenvalue weighted by atomic mass is 79.9. The predicted molar refractivity (Wildman–Crippen MR) is 81.5 cm³/mol. The van der Waals surface area contributed by atoms with E-state index >= 15 is 0 Å². The van der Waals surface area contributed by atoms with Crippen molar-refractivity contribution in [2.45, 2.75) is 46.2 Å². The molecule has 0 aliphatic carbocycles.